The van der Waals surface area contributed by atoms with Gasteiger partial charge in [0.1, 0.15) is 38.0 Å². The van der Waals surface area contributed by atoms with Crippen LogP contribution in [0.25, 0.3) is 0 Å². The molecule has 0 unspecified atom stereocenters. The summed E-state index contributed by atoms with van der Waals surface area (Å²) in [5.41, 5.74) is -1.66. The minimum atomic E-state index is -2.41. The van der Waals surface area contributed by atoms with E-state index in [2.05, 4.69) is 5.32 Å². The molecule has 3 aliphatic heterocycles. The number of hydrogen-bond acceptors (Lipinski definition) is 12. The van der Waals surface area contributed by atoms with Crippen LogP contribution < -0.4 is 5.32 Å². The van der Waals surface area contributed by atoms with Crippen molar-refractivity contribution in [2.45, 2.75) is 93.4 Å². The molecule has 1 aromatic carbocycles. The lowest BCUT2D eigenvalue weighted by Crippen LogP contribution is -2.79. The number of ether oxygens (including phenoxy) is 9. The molecular weight excluding hydrogens is 556 g/mol. The molecule has 8 atom stereocenters. The SMILES string of the molecule is COCO[C@H]1[C@@H]2O[C@H](c3ccccc3)OC[C@H]2O[C@]([C@H](OCOC)[C@H]2COC3(CCCCC3)O2)([N+](=O)[O-])[C@@H]1NC(C)=O. The number of carbonyl (C=O) groups excluding carboxylic acids is 1. The molecule has 1 spiro atoms. The highest BCUT2D eigenvalue weighted by Gasteiger charge is 2.72. The maximum atomic E-state index is 13.3. The fourth-order valence-electron chi connectivity index (χ4n) is 6.42. The van der Waals surface area contributed by atoms with E-state index >= 15 is 0 Å². The second kappa shape index (κ2) is 13.6. The van der Waals surface area contributed by atoms with Crippen molar-refractivity contribution in [3.05, 3.63) is 46.0 Å². The Balaban J connectivity index is 1.54. The van der Waals surface area contributed by atoms with E-state index in [9.17, 15) is 14.9 Å². The largest absolute Gasteiger partial charge is 0.376 e. The first-order valence-corrected chi connectivity index (χ1v) is 14.3. The Morgan fingerprint density at radius 1 is 1.10 bits per heavy atom. The first-order chi connectivity index (χ1) is 20.3. The average Bonchev–Trinajstić information content (AvgIpc) is 3.39. The van der Waals surface area contributed by atoms with E-state index in [1.54, 1.807) is 0 Å². The van der Waals surface area contributed by atoms with Gasteiger partial charge in [0, 0.05) is 39.5 Å². The summed E-state index contributed by atoms with van der Waals surface area (Å²) in [6.07, 6.45) is -1.83. The zero-order valence-electron chi connectivity index (χ0n) is 24.1. The minimum absolute atomic E-state index is 0.0287. The van der Waals surface area contributed by atoms with Crippen molar-refractivity contribution in [3.8, 4) is 0 Å². The smallest absolute Gasteiger partial charge is 0.359 e. The van der Waals surface area contributed by atoms with Gasteiger partial charge in [-0.15, -0.1) is 0 Å². The molecule has 4 fully saturated rings. The molecule has 1 aromatic rings. The molecule has 3 heterocycles. The molecule has 3 saturated heterocycles. The molecule has 234 valence electrons. The van der Waals surface area contributed by atoms with E-state index in [0.717, 1.165) is 24.8 Å². The number of carbonyl (C=O) groups is 1. The van der Waals surface area contributed by atoms with Crippen LogP contribution in [0.1, 0.15) is 50.9 Å². The highest BCUT2D eigenvalue weighted by Crippen LogP contribution is 2.46. The summed E-state index contributed by atoms with van der Waals surface area (Å²) in [6, 6.07) is 7.86. The van der Waals surface area contributed by atoms with Crippen molar-refractivity contribution >= 4 is 5.91 Å². The van der Waals surface area contributed by atoms with Gasteiger partial charge < -0.3 is 47.9 Å². The van der Waals surface area contributed by atoms with Crippen LogP contribution in [-0.2, 0) is 47.4 Å². The normalized spacial score (nSPS) is 34.9. The van der Waals surface area contributed by atoms with Crippen LogP contribution >= 0.6 is 0 Å². The van der Waals surface area contributed by atoms with Crippen LogP contribution in [0.4, 0.5) is 0 Å². The molecule has 1 aliphatic carbocycles. The summed E-state index contributed by atoms with van der Waals surface area (Å²) >= 11 is 0. The van der Waals surface area contributed by atoms with Gasteiger partial charge in [0.05, 0.1) is 18.1 Å². The van der Waals surface area contributed by atoms with E-state index in [-0.39, 0.29) is 26.8 Å². The standard InChI is InChI=1S/C28H40N2O12/c1-18(31)29-24-23(37-16-34-2)22-20(14-36-26(40-22)19-10-6-4-7-11-19)42-28(24,30(32)33)25(38-17-35-3)21-15-39-27(41-21)12-8-5-9-13-27/h4,6-7,10-11,20-26H,5,8-9,12-17H2,1-3H3,(H,29,31)/t20-,21-,22-,23+,24-,25-,26-,28-/m1/s1. The van der Waals surface area contributed by atoms with Gasteiger partial charge in [-0.1, -0.05) is 36.8 Å². The van der Waals surface area contributed by atoms with Crippen molar-refractivity contribution in [1.82, 2.24) is 5.32 Å². The Hall–Kier alpha value is -2.27. The van der Waals surface area contributed by atoms with Gasteiger partial charge in [-0.05, 0) is 12.8 Å². The van der Waals surface area contributed by atoms with Crippen LogP contribution in [0.3, 0.4) is 0 Å². The van der Waals surface area contributed by atoms with E-state index in [1.807, 2.05) is 30.3 Å². The number of amides is 1. The number of fused-ring (bicyclic) bond motifs is 1. The van der Waals surface area contributed by atoms with Crippen molar-refractivity contribution in [1.29, 1.82) is 0 Å². The monoisotopic (exact) mass is 596 g/mol. The van der Waals surface area contributed by atoms with E-state index < -0.39 is 65.2 Å². The second-order valence-corrected chi connectivity index (χ2v) is 11.0. The first-order valence-electron chi connectivity index (χ1n) is 14.3. The fraction of sp³-hybridized carbons (Fsp3) is 0.750. The molecule has 0 aromatic heterocycles. The molecule has 0 bridgehead atoms. The van der Waals surface area contributed by atoms with Gasteiger partial charge in [-0.3, -0.25) is 14.9 Å². The van der Waals surface area contributed by atoms with Crippen molar-refractivity contribution < 1.29 is 52.3 Å². The lowest BCUT2D eigenvalue weighted by molar-refractivity contribution is -0.668. The van der Waals surface area contributed by atoms with Gasteiger partial charge in [0.2, 0.25) is 5.91 Å². The lowest BCUT2D eigenvalue weighted by atomic mass is 9.82. The predicted octanol–water partition coefficient (Wildman–Crippen LogP) is 2.03. The number of hydrogen-bond donors (Lipinski definition) is 1. The van der Waals surface area contributed by atoms with Gasteiger partial charge in [-0.2, -0.15) is 0 Å². The van der Waals surface area contributed by atoms with Gasteiger partial charge >= 0.3 is 5.72 Å². The third-order valence-corrected chi connectivity index (χ3v) is 8.19. The Morgan fingerprint density at radius 2 is 1.83 bits per heavy atom. The molecule has 14 heteroatoms. The topological polar surface area (TPSA) is 155 Å². The van der Waals surface area contributed by atoms with Crippen LogP contribution in [0, 0.1) is 10.1 Å². The molecule has 5 rings (SSSR count). The number of methoxy groups -OCH3 is 2. The summed E-state index contributed by atoms with van der Waals surface area (Å²) in [5, 5.41) is 16.0. The van der Waals surface area contributed by atoms with E-state index in [0.29, 0.717) is 12.8 Å². The summed E-state index contributed by atoms with van der Waals surface area (Å²) in [6.45, 7) is 0.708. The van der Waals surface area contributed by atoms with Crippen LogP contribution in [0.5, 0.6) is 0 Å². The Labute approximate surface area is 244 Å². The van der Waals surface area contributed by atoms with Crippen molar-refractivity contribution in [3.63, 3.8) is 0 Å². The third-order valence-electron chi connectivity index (χ3n) is 8.19. The van der Waals surface area contributed by atoms with Gasteiger partial charge in [-0.25, -0.2) is 0 Å². The van der Waals surface area contributed by atoms with Gasteiger partial charge in [0.25, 0.3) is 0 Å². The third kappa shape index (κ3) is 6.18. The number of rotatable bonds is 11. The predicted molar refractivity (Wildman–Crippen MR) is 142 cm³/mol. The molecule has 1 amide bonds. The highest BCUT2D eigenvalue weighted by atomic mass is 16.8. The van der Waals surface area contributed by atoms with Crippen molar-refractivity contribution in [2.75, 3.05) is 41.0 Å². The number of nitrogens with one attached hydrogen (secondary N) is 1. The molecule has 0 radical (unpaired) electrons. The molecule has 1 N–H and O–H groups in total. The van der Waals surface area contributed by atoms with Crippen LogP contribution in [0.2, 0.25) is 0 Å². The van der Waals surface area contributed by atoms with Crippen LogP contribution in [-0.4, -0.2) is 99.9 Å². The maximum absolute atomic E-state index is 13.3. The zero-order valence-corrected chi connectivity index (χ0v) is 24.1. The minimum Gasteiger partial charge on any atom is -0.359 e. The highest BCUT2D eigenvalue weighted by molar-refractivity contribution is 5.73. The fourth-order valence-corrected chi connectivity index (χ4v) is 6.42. The first kappa shape index (κ1) is 31.2. The summed E-state index contributed by atoms with van der Waals surface area (Å²) in [7, 11) is 2.84. The van der Waals surface area contributed by atoms with Gasteiger partial charge in [0.15, 0.2) is 24.2 Å². The maximum Gasteiger partial charge on any atom is 0.376 e. The summed E-state index contributed by atoms with van der Waals surface area (Å²) < 4.78 is 53.7. The average molecular weight is 597 g/mol. The number of nitro groups is 1. The molecular formula is C28H40N2O12. The molecule has 1 saturated carbocycles. The van der Waals surface area contributed by atoms with E-state index in [1.165, 1.54) is 21.1 Å². The Bertz CT molecular complexity index is 1060. The Kier molecular flexibility index (Phi) is 10.1. The number of benzene rings is 1. The summed E-state index contributed by atoms with van der Waals surface area (Å²) in [5.74, 6) is -1.40. The molecule has 4 aliphatic rings. The second-order valence-electron chi connectivity index (χ2n) is 11.0. The van der Waals surface area contributed by atoms with E-state index in [4.69, 9.17) is 42.6 Å². The summed E-state index contributed by atoms with van der Waals surface area (Å²) in [4.78, 5) is 25.4. The van der Waals surface area contributed by atoms with Crippen molar-refractivity contribution in [2.24, 2.45) is 0 Å². The Morgan fingerprint density at radius 3 is 2.50 bits per heavy atom. The molecule has 14 nitrogen and oxygen atoms in total. The quantitative estimate of drug-likeness (QED) is 0.226. The number of nitrogens with zero attached hydrogens (tertiary/aromatic N) is 1. The molecule has 42 heavy (non-hydrogen) atoms. The van der Waals surface area contributed by atoms with Crippen LogP contribution in [0.15, 0.2) is 30.3 Å². The zero-order chi connectivity index (χ0) is 29.7. The lowest BCUT2D eigenvalue weighted by Gasteiger charge is -2.52.